The second-order valence-corrected chi connectivity index (χ2v) is 6.21. The molecule has 0 unspecified atom stereocenters. The van der Waals surface area contributed by atoms with Gasteiger partial charge in [0.25, 0.3) is 0 Å². The number of hydrogen-bond donors (Lipinski definition) is 0. The Kier molecular flexibility index (Phi) is 5.46. The largest absolute Gasteiger partial charge is 0.482 e. The molecule has 3 aromatic rings. The van der Waals surface area contributed by atoms with E-state index in [0.717, 1.165) is 10.6 Å². The molecule has 3 rings (SSSR count). The van der Waals surface area contributed by atoms with Crippen LogP contribution in [0.2, 0.25) is 5.02 Å². The van der Waals surface area contributed by atoms with E-state index in [1.807, 2.05) is 47.8 Å². The van der Waals surface area contributed by atoms with Crippen molar-refractivity contribution in [2.75, 3.05) is 6.61 Å². The van der Waals surface area contributed by atoms with Crippen molar-refractivity contribution < 1.29 is 14.3 Å². The Bertz CT molecular complexity index is 803. The van der Waals surface area contributed by atoms with Crippen LogP contribution in [0.25, 0.3) is 10.6 Å². The standard InChI is InChI=1S/C18H14ClNO3S/c19-14-8-6-13(7-9-14)18-20-15(12-24-18)10-23-17(21)11-22-16-4-2-1-3-5-16/h1-9,12H,10-11H2. The molecular formula is C18H14ClNO3S. The van der Waals surface area contributed by atoms with Crippen LogP contribution in [-0.2, 0) is 16.1 Å². The Hall–Kier alpha value is -2.37. The molecule has 6 heteroatoms. The number of ether oxygens (including phenoxy) is 2. The van der Waals surface area contributed by atoms with Crippen LogP contribution < -0.4 is 4.74 Å². The lowest BCUT2D eigenvalue weighted by molar-refractivity contribution is -0.147. The van der Waals surface area contributed by atoms with E-state index in [1.54, 1.807) is 12.1 Å². The third-order valence-corrected chi connectivity index (χ3v) is 4.32. The van der Waals surface area contributed by atoms with E-state index in [-0.39, 0.29) is 13.2 Å². The Labute approximate surface area is 148 Å². The summed E-state index contributed by atoms with van der Waals surface area (Å²) in [6.07, 6.45) is 0. The number of carbonyl (C=O) groups excluding carboxylic acids is 1. The lowest BCUT2D eigenvalue weighted by atomic mass is 10.2. The molecule has 0 aliphatic carbocycles. The normalized spacial score (nSPS) is 10.4. The molecule has 0 saturated heterocycles. The third kappa shape index (κ3) is 4.57. The minimum Gasteiger partial charge on any atom is -0.482 e. The Balaban J connectivity index is 1.50. The third-order valence-electron chi connectivity index (χ3n) is 3.12. The quantitative estimate of drug-likeness (QED) is 0.604. The SMILES string of the molecule is O=C(COc1ccccc1)OCc1csc(-c2ccc(Cl)cc2)n1. The van der Waals surface area contributed by atoms with Gasteiger partial charge in [0.2, 0.25) is 0 Å². The predicted molar refractivity (Wildman–Crippen MR) is 94.3 cm³/mol. The summed E-state index contributed by atoms with van der Waals surface area (Å²) in [6, 6.07) is 16.6. The molecule has 0 aliphatic heterocycles. The number of benzene rings is 2. The van der Waals surface area contributed by atoms with Crippen LogP contribution in [0, 0.1) is 0 Å². The fourth-order valence-electron chi connectivity index (χ4n) is 1.95. The van der Waals surface area contributed by atoms with Crippen molar-refractivity contribution >= 4 is 28.9 Å². The van der Waals surface area contributed by atoms with Gasteiger partial charge < -0.3 is 9.47 Å². The molecular weight excluding hydrogens is 346 g/mol. The zero-order valence-electron chi connectivity index (χ0n) is 12.6. The van der Waals surface area contributed by atoms with Crippen LogP contribution in [0.5, 0.6) is 5.75 Å². The van der Waals surface area contributed by atoms with Gasteiger partial charge in [-0.25, -0.2) is 9.78 Å². The minimum absolute atomic E-state index is 0.126. The average molecular weight is 360 g/mol. The molecule has 122 valence electrons. The molecule has 0 saturated carbocycles. The fourth-order valence-corrected chi connectivity index (χ4v) is 2.89. The second kappa shape index (κ2) is 7.95. The zero-order valence-corrected chi connectivity index (χ0v) is 14.2. The van der Waals surface area contributed by atoms with Gasteiger partial charge in [0.1, 0.15) is 17.4 Å². The number of carbonyl (C=O) groups is 1. The summed E-state index contributed by atoms with van der Waals surface area (Å²) in [6.45, 7) is -0.000729. The number of rotatable bonds is 6. The molecule has 24 heavy (non-hydrogen) atoms. The number of aromatic nitrogens is 1. The summed E-state index contributed by atoms with van der Waals surface area (Å²) in [5, 5.41) is 3.41. The first-order valence-corrected chi connectivity index (χ1v) is 8.50. The predicted octanol–water partition coefficient (Wildman–Crippen LogP) is 4.59. The Morgan fingerprint density at radius 3 is 2.58 bits per heavy atom. The molecule has 0 spiro atoms. The van der Waals surface area contributed by atoms with E-state index in [1.165, 1.54) is 11.3 Å². The first-order valence-electron chi connectivity index (χ1n) is 7.24. The molecule has 0 radical (unpaired) electrons. The molecule has 1 aromatic heterocycles. The number of thiazole rings is 1. The van der Waals surface area contributed by atoms with Gasteiger partial charge >= 0.3 is 5.97 Å². The van der Waals surface area contributed by atoms with Gasteiger partial charge in [0.05, 0.1) is 5.69 Å². The molecule has 0 amide bonds. The van der Waals surface area contributed by atoms with Crippen molar-refractivity contribution in [2.45, 2.75) is 6.61 Å². The minimum atomic E-state index is -0.431. The van der Waals surface area contributed by atoms with E-state index < -0.39 is 5.97 Å². The number of nitrogens with zero attached hydrogens (tertiary/aromatic N) is 1. The van der Waals surface area contributed by atoms with E-state index in [9.17, 15) is 4.79 Å². The summed E-state index contributed by atoms with van der Waals surface area (Å²) in [5.74, 6) is 0.202. The highest BCUT2D eigenvalue weighted by Gasteiger charge is 2.08. The summed E-state index contributed by atoms with van der Waals surface area (Å²) in [7, 11) is 0. The summed E-state index contributed by atoms with van der Waals surface area (Å²) >= 11 is 7.37. The summed E-state index contributed by atoms with van der Waals surface area (Å²) in [4.78, 5) is 16.2. The molecule has 2 aromatic carbocycles. The van der Waals surface area contributed by atoms with Crippen molar-refractivity contribution in [1.82, 2.24) is 4.98 Å². The first-order chi connectivity index (χ1) is 11.7. The summed E-state index contributed by atoms with van der Waals surface area (Å²) < 4.78 is 10.5. The van der Waals surface area contributed by atoms with Crippen LogP contribution >= 0.6 is 22.9 Å². The van der Waals surface area contributed by atoms with Crippen molar-refractivity contribution in [2.24, 2.45) is 0 Å². The highest BCUT2D eigenvalue weighted by atomic mass is 35.5. The second-order valence-electron chi connectivity index (χ2n) is 4.91. The van der Waals surface area contributed by atoms with Gasteiger partial charge in [-0.15, -0.1) is 11.3 Å². The number of para-hydroxylation sites is 1. The van der Waals surface area contributed by atoms with Gasteiger partial charge in [-0.2, -0.15) is 0 Å². The first kappa shape index (κ1) is 16.5. The lowest BCUT2D eigenvalue weighted by Gasteiger charge is -2.05. The van der Waals surface area contributed by atoms with Gasteiger partial charge in [0.15, 0.2) is 6.61 Å². The van der Waals surface area contributed by atoms with Crippen molar-refractivity contribution in [3.8, 4) is 16.3 Å². The van der Waals surface area contributed by atoms with Gasteiger partial charge in [-0.3, -0.25) is 0 Å². The Morgan fingerprint density at radius 1 is 1.08 bits per heavy atom. The van der Waals surface area contributed by atoms with Crippen LogP contribution in [0.15, 0.2) is 60.0 Å². The van der Waals surface area contributed by atoms with Gasteiger partial charge in [-0.05, 0) is 24.3 Å². The maximum absolute atomic E-state index is 11.7. The number of esters is 1. The van der Waals surface area contributed by atoms with E-state index >= 15 is 0 Å². The van der Waals surface area contributed by atoms with E-state index in [2.05, 4.69) is 4.98 Å². The van der Waals surface area contributed by atoms with Crippen LogP contribution in [-0.4, -0.2) is 17.6 Å². The van der Waals surface area contributed by atoms with Crippen LogP contribution in [0.1, 0.15) is 5.69 Å². The summed E-state index contributed by atoms with van der Waals surface area (Å²) in [5.41, 5.74) is 1.69. The lowest BCUT2D eigenvalue weighted by Crippen LogP contribution is -2.14. The Morgan fingerprint density at radius 2 is 1.83 bits per heavy atom. The van der Waals surface area contributed by atoms with Gasteiger partial charge in [-0.1, -0.05) is 41.9 Å². The molecule has 0 atom stereocenters. The van der Waals surface area contributed by atoms with Crippen LogP contribution in [0.4, 0.5) is 0 Å². The number of hydrogen-bond acceptors (Lipinski definition) is 5. The average Bonchev–Trinajstić information content (AvgIpc) is 3.09. The molecule has 0 aliphatic rings. The van der Waals surface area contributed by atoms with Crippen molar-refractivity contribution in [1.29, 1.82) is 0 Å². The highest BCUT2D eigenvalue weighted by molar-refractivity contribution is 7.13. The molecule has 0 fully saturated rings. The van der Waals surface area contributed by atoms with Crippen molar-refractivity contribution in [3.63, 3.8) is 0 Å². The molecule has 4 nitrogen and oxygen atoms in total. The molecule has 0 N–H and O–H groups in total. The highest BCUT2D eigenvalue weighted by Crippen LogP contribution is 2.25. The topological polar surface area (TPSA) is 48.4 Å². The maximum Gasteiger partial charge on any atom is 0.344 e. The van der Waals surface area contributed by atoms with E-state index in [4.69, 9.17) is 21.1 Å². The van der Waals surface area contributed by atoms with Gasteiger partial charge in [0, 0.05) is 16.0 Å². The monoisotopic (exact) mass is 359 g/mol. The fraction of sp³-hybridized carbons (Fsp3) is 0.111. The maximum atomic E-state index is 11.7. The molecule has 0 bridgehead atoms. The zero-order chi connectivity index (χ0) is 16.8. The number of halogens is 1. The molecule has 1 heterocycles. The van der Waals surface area contributed by atoms with Crippen LogP contribution in [0.3, 0.4) is 0 Å². The van der Waals surface area contributed by atoms with E-state index in [0.29, 0.717) is 16.5 Å². The van der Waals surface area contributed by atoms with Crippen molar-refractivity contribution in [3.05, 3.63) is 70.7 Å². The smallest absolute Gasteiger partial charge is 0.344 e.